The smallest absolute Gasteiger partial charge is 0.179 e. The minimum absolute atomic E-state index is 0.127. The van der Waals surface area contributed by atoms with Gasteiger partial charge in [-0.05, 0) is 31.0 Å². The molecule has 0 saturated heterocycles. The van der Waals surface area contributed by atoms with Crippen LogP contribution in [0.4, 0.5) is 0 Å². The lowest BCUT2D eigenvalue weighted by atomic mass is 9.99. The third kappa shape index (κ3) is 3.84. The zero-order chi connectivity index (χ0) is 17.0. The van der Waals surface area contributed by atoms with Crippen LogP contribution in [0.1, 0.15) is 25.0 Å². The van der Waals surface area contributed by atoms with E-state index >= 15 is 0 Å². The van der Waals surface area contributed by atoms with E-state index in [-0.39, 0.29) is 5.75 Å². The molecular weight excluding hydrogens is 324 g/mol. The summed E-state index contributed by atoms with van der Waals surface area (Å²) < 4.78 is 26.7. The maximum Gasteiger partial charge on any atom is 0.179 e. The lowest BCUT2D eigenvalue weighted by molar-refractivity contribution is 0.345. The van der Waals surface area contributed by atoms with E-state index < -0.39 is 9.84 Å². The first-order chi connectivity index (χ1) is 11.6. The predicted molar refractivity (Wildman–Crippen MR) is 92.6 cm³/mol. The van der Waals surface area contributed by atoms with E-state index in [2.05, 4.69) is 27.0 Å². The van der Waals surface area contributed by atoms with E-state index in [1.807, 2.05) is 6.07 Å². The fourth-order valence-electron chi connectivity index (χ4n) is 3.14. The lowest BCUT2D eigenvalue weighted by Crippen LogP contribution is -2.33. The fraction of sp³-hybridized carbons (Fsp3) is 0.529. The molecule has 1 aromatic carbocycles. The Morgan fingerprint density at radius 1 is 1.25 bits per heavy atom. The van der Waals surface area contributed by atoms with Crippen molar-refractivity contribution in [1.82, 2.24) is 20.1 Å². The molecule has 1 aliphatic heterocycles. The fourth-order valence-corrected chi connectivity index (χ4v) is 4.36. The maximum absolute atomic E-state index is 12.2. The minimum atomic E-state index is -3.20. The molecule has 0 fully saturated rings. The molecule has 6 nitrogen and oxygen atoms in total. The molecule has 0 aliphatic carbocycles. The lowest BCUT2D eigenvalue weighted by Gasteiger charge is -2.24. The van der Waals surface area contributed by atoms with Crippen molar-refractivity contribution < 1.29 is 8.42 Å². The summed E-state index contributed by atoms with van der Waals surface area (Å²) in [4.78, 5) is 0.395. The first kappa shape index (κ1) is 17.1. The summed E-state index contributed by atoms with van der Waals surface area (Å²) >= 11 is 0. The summed E-state index contributed by atoms with van der Waals surface area (Å²) in [6.07, 6.45) is 2.91. The molecule has 0 radical (unpaired) electrons. The van der Waals surface area contributed by atoms with Gasteiger partial charge < -0.3 is 9.88 Å². The zero-order valence-corrected chi connectivity index (χ0v) is 14.8. The second kappa shape index (κ2) is 7.44. The molecule has 7 heteroatoms. The van der Waals surface area contributed by atoms with E-state index in [0.29, 0.717) is 17.4 Å². The highest BCUT2D eigenvalue weighted by Gasteiger charge is 2.22. The van der Waals surface area contributed by atoms with Crippen LogP contribution in [0.15, 0.2) is 35.2 Å². The molecule has 2 aromatic rings. The third-order valence-corrected chi connectivity index (χ3v) is 6.25. The number of benzene rings is 1. The Morgan fingerprint density at radius 3 is 2.79 bits per heavy atom. The molecule has 3 rings (SSSR count). The Morgan fingerprint density at radius 2 is 2.04 bits per heavy atom. The highest BCUT2D eigenvalue weighted by Crippen LogP contribution is 2.19. The highest BCUT2D eigenvalue weighted by molar-refractivity contribution is 7.91. The van der Waals surface area contributed by atoms with Crippen LogP contribution >= 0.6 is 0 Å². The van der Waals surface area contributed by atoms with Crippen molar-refractivity contribution in [2.75, 3.05) is 18.8 Å². The van der Waals surface area contributed by atoms with Gasteiger partial charge in [-0.2, -0.15) is 0 Å². The van der Waals surface area contributed by atoms with Crippen LogP contribution in [0, 0.1) is 5.92 Å². The molecule has 0 spiro atoms. The number of rotatable bonds is 7. The Kier molecular flexibility index (Phi) is 5.30. The van der Waals surface area contributed by atoms with Gasteiger partial charge in [0.15, 0.2) is 9.84 Å². The quantitative estimate of drug-likeness (QED) is 0.767. The second-order valence-corrected chi connectivity index (χ2v) is 8.35. The largest absolute Gasteiger partial charge is 0.315 e. The number of nitrogens with one attached hydrogen (secondary N) is 1. The van der Waals surface area contributed by atoms with Crippen molar-refractivity contribution >= 4 is 9.84 Å². The Balaban J connectivity index is 1.48. The molecule has 0 bridgehead atoms. The molecule has 0 amide bonds. The summed E-state index contributed by atoms with van der Waals surface area (Å²) in [7, 11) is -3.20. The van der Waals surface area contributed by atoms with Gasteiger partial charge in [-0.1, -0.05) is 25.1 Å². The molecule has 2 heterocycles. The number of fused-ring (bicyclic) bond motifs is 1. The van der Waals surface area contributed by atoms with E-state index in [9.17, 15) is 8.42 Å². The van der Waals surface area contributed by atoms with Gasteiger partial charge in [-0.15, -0.1) is 10.2 Å². The van der Waals surface area contributed by atoms with Crippen molar-refractivity contribution in [2.45, 2.75) is 37.6 Å². The van der Waals surface area contributed by atoms with Crippen LogP contribution in [-0.2, 0) is 29.2 Å². The highest BCUT2D eigenvalue weighted by atomic mass is 32.2. The van der Waals surface area contributed by atoms with Gasteiger partial charge in [0.25, 0.3) is 0 Å². The second-order valence-electron chi connectivity index (χ2n) is 6.24. The molecule has 1 aliphatic rings. The molecule has 1 N–H and O–H groups in total. The number of aryl methyl sites for hydroxylation is 2. The first-order valence-electron chi connectivity index (χ1n) is 8.49. The molecule has 1 atom stereocenters. The monoisotopic (exact) mass is 348 g/mol. The minimum Gasteiger partial charge on any atom is -0.315 e. The van der Waals surface area contributed by atoms with Gasteiger partial charge in [-0.3, -0.25) is 0 Å². The molecule has 0 saturated carbocycles. The number of hydrogen-bond acceptors (Lipinski definition) is 5. The summed E-state index contributed by atoms with van der Waals surface area (Å²) in [5, 5.41) is 11.8. The van der Waals surface area contributed by atoms with Crippen LogP contribution in [0.5, 0.6) is 0 Å². The summed E-state index contributed by atoms with van der Waals surface area (Å²) in [6, 6.07) is 8.63. The van der Waals surface area contributed by atoms with Crippen molar-refractivity contribution in [1.29, 1.82) is 0 Å². The maximum atomic E-state index is 12.2. The van der Waals surface area contributed by atoms with Gasteiger partial charge in [-0.25, -0.2) is 8.42 Å². The van der Waals surface area contributed by atoms with Crippen LogP contribution in [0.3, 0.4) is 0 Å². The standard InChI is InChI=1S/C17H24N4O2S/c1-2-16-19-20-17-9-8-14(13-21(16)17)12-18-10-11-24(22,23)15-6-4-3-5-7-15/h3-7,14,18H,2,8-13H2,1H3/t14-/m1/s1. The Labute approximate surface area is 143 Å². The van der Waals surface area contributed by atoms with E-state index in [4.69, 9.17) is 0 Å². The van der Waals surface area contributed by atoms with Gasteiger partial charge >= 0.3 is 0 Å². The summed E-state index contributed by atoms with van der Waals surface area (Å²) in [5.74, 6) is 2.75. The van der Waals surface area contributed by atoms with Gasteiger partial charge in [0.1, 0.15) is 11.6 Å². The molecule has 1 aromatic heterocycles. The summed E-state index contributed by atoms with van der Waals surface area (Å²) in [6.45, 7) is 4.31. The van der Waals surface area contributed by atoms with Crippen molar-refractivity contribution in [3.8, 4) is 0 Å². The Bertz CT molecular complexity index is 758. The van der Waals surface area contributed by atoms with Gasteiger partial charge in [0, 0.05) is 25.9 Å². The van der Waals surface area contributed by atoms with E-state index in [1.165, 1.54) is 0 Å². The number of aromatic nitrogens is 3. The van der Waals surface area contributed by atoms with E-state index in [1.54, 1.807) is 24.3 Å². The number of hydrogen-bond donors (Lipinski definition) is 1. The molecular formula is C17H24N4O2S. The van der Waals surface area contributed by atoms with Crippen molar-refractivity contribution in [2.24, 2.45) is 5.92 Å². The van der Waals surface area contributed by atoms with Crippen LogP contribution in [0.2, 0.25) is 0 Å². The normalized spacial score (nSPS) is 17.6. The topological polar surface area (TPSA) is 76.9 Å². The average Bonchev–Trinajstić information content (AvgIpc) is 3.02. The van der Waals surface area contributed by atoms with E-state index in [0.717, 1.165) is 44.0 Å². The van der Waals surface area contributed by atoms with Crippen molar-refractivity contribution in [3.05, 3.63) is 42.0 Å². The Hall–Kier alpha value is -1.73. The summed E-state index contributed by atoms with van der Waals surface area (Å²) in [5.41, 5.74) is 0. The SMILES string of the molecule is CCc1nnc2n1C[C@@H](CNCCS(=O)(=O)c1ccccc1)CC2. The first-order valence-corrected chi connectivity index (χ1v) is 10.1. The molecule has 130 valence electrons. The van der Waals surface area contributed by atoms with Crippen LogP contribution in [-0.4, -0.2) is 42.0 Å². The average molecular weight is 348 g/mol. The van der Waals surface area contributed by atoms with Gasteiger partial charge in [0.2, 0.25) is 0 Å². The predicted octanol–water partition coefficient (Wildman–Crippen LogP) is 1.47. The molecule has 24 heavy (non-hydrogen) atoms. The van der Waals surface area contributed by atoms with Crippen LogP contribution in [0.25, 0.3) is 0 Å². The number of nitrogens with zero attached hydrogens (tertiary/aromatic N) is 3. The zero-order valence-electron chi connectivity index (χ0n) is 14.0. The number of sulfone groups is 1. The van der Waals surface area contributed by atoms with Crippen molar-refractivity contribution in [3.63, 3.8) is 0 Å². The van der Waals surface area contributed by atoms with Crippen LogP contribution < -0.4 is 5.32 Å². The van der Waals surface area contributed by atoms with Gasteiger partial charge in [0.05, 0.1) is 10.6 Å². The third-order valence-electron chi connectivity index (χ3n) is 4.52. The molecule has 0 unspecified atom stereocenters.